The molecule has 1 aliphatic heterocycles. The number of carbonyl (C=O) groups excluding carboxylic acids is 3. The first-order valence-corrected chi connectivity index (χ1v) is 9.21. The van der Waals surface area contributed by atoms with Crippen LogP contribution in [0.15, 0.2) is 46.0 Å². The molecule has 0 atom stereocenters. The summed E-state index contributed by atoms with van der Waals surface area (Å²) in [5.74, 6) is -0.182. The molecule has 1 fully saturated rings. The van der Waals surface area contributed by atoms with Gasteiger partial charge in [0.2, 0.25) is 0 Å². The molecule has 2 aromatic heterocycles. The normalized spacial score (nSPS) is 15.0. The van der Waals surface area contributed by atoms with E-state index in [0.717, 1.165) is 22.7 Å². The summed E-state index contributed by atoms with van der Waals surface area (Å²) in [5, 5.41) is 2.50. The second-order valence-electron chi connectivity index (χ2n) is 6.01. The number of ether oxygens (including phenoxy) is 2. The predicted molar refractivity (Wildman–Crippen MR) is 106 cm³/mol. The van der Waals surface area contributed by atoms with Crippen LogP contribution in [0.1, 0.15) is 16.1 Å². The van der Waals surface area contributed by atoms with E-state index in [1.807, 2.05) is 0 Å². The minimum absolute atomic E-state index is 0.257. The zero-order valence-corrected chi connectivity index (χ0v) is 16.2. The maximum absolute atomic E-state index is 11.9. The molecule has 9 heteroatoms. The van der Waals surface area contributed by atoms with Gasteiger partial charge in [0.25, 0.3) is 11.1 Å². The molecule has 2 amide bonds. The molecule has 1 aromatic carbocycles. The monoisotopic (exact) mass is 410 g/mol. The topological polar surface area (TPSA) is 108 Å². The van der Waals surface area contributed by atoms with Gasteiger partial charge in [-0.1, -0.05) is 6.07 Å². The summed E-state index contributed by atoms with van der Waals surface area (Å²) in [6.07, 6.45) is 4.78. The third-order valence-electron chi connectivity index (χ3n) is 4.27. The number of aromatic nitrogens is 1. The van der Waals surface area contributed by atoms with Crippen LogP contribution in [-0.4, -0.2) is 36.3 Å². The Morgan fingerprint density at radius 1 is 1.21 bits per heavy atom. The van der Waals surface area contributed by atoms with Crippen molar-refractivity contribution in [2.45, 2.75) is 0 Å². The Morgan fingerprint density at radius 2 is 2.03 bits per heavy atom. The summed E-state index contributed by atoms with van der Waals surface area (Å²) in [7, 11) is 2.77. The second-order valence-corrected chi connectivity index (χ2v) is 7.03. The average molecular weight is 410 g/mol. The highest BCUT2D eigenvalue weighted by atomic mass is 32.2. The van der Waals surface area contributed by atoms with Crippen molar-refractivity contribution in [1.82, 2.24) is 10.3 Å². The van der Waals surface area contributed by atoms with Crippen molar-refractivity contribution < 1.29 is 28.3 Å². The minimum atomic E-state index is -0.501. The van der Waals surface area contributed by atoms with Gasteiger partial charge in [0.1, 0.15) is 22.7 Å². The van der Waals surface area contributed by atoms with E-state index in [-0.39, 0.29) is 4.91 Å². The van der Waals surface area contributed by atoms with Crippen LogP contribution in [0.2, 0.25) is 0 Å². The molecular weight excluding hydrogens is 396 g/mol. The highest BCUT2D eigenvalue weighted by Crippen LogP contribution is 2.35. The van der Waals surface area contributed by atoms with Gasteiger partial charge in [-0.2, -0.15) is 0 Å². The number of rotatable bonds is 4. The maximum atomic E-state index is 11.9. The summed E-state index contributed by atoms with van der Waals surface area (Å²) < 4.78 is 16.0. The van der Waals surface area contributed by atoms with E-state index in [0.29, 0.717) is 28.2 Å². The number of hydrogen-bond acceptors (Lipinski definition) is 8. The Hall–Kier alpha value is -3.59. The van der Waals surface area contributed by atoms with Crippen molar-refractivity contribution in [2.75, 3.05) is 14.2 Å². The second kappa shape index (κ2) is 7.44. The number of nitrogens with one attached hydrogen (secondary N) is 1. The van der Waals surface area contributed by atoms with Gasteiger partial charge in [0.05, 0.1) is 19.1 Å². The van der Waals surface area contributed by atoms with E-state index < -0.39 is 17.1 Å². The molecule has 8 nitrogen and oxygen atoms in total. The first-order valence-electron chi connectivity index (χ1n) is 8.39. The summed E-state index contributed by atoms with van der Waals surface area (Å²) >= 11 is 0.816. The van der Waals surface area contributed by atoms with Gasteiger partial charge in [-0.15, -0.1) is 0 Å². The van der Waals surface area contributed by atoms with Crippen molar-refractivity contribution in [2.24, 2.45) is 0 Å². The zero-order chi connectivity index (χ0) is 20.5. The number of thioether (sulfide) groups is 1. The molecule has 146 valence electrons. The van der Waals surface area contributed by atoms with Crippen LogP contribution >= 0.6 is 11.8 Å². The van der Waals surface area contributed by atoms with Crippen LogP contribution < -0.4 is 10.1 Å². The minimum Gasteiger partial charge on any atom is -0.496 e. The standard InChI is InChI=1S/C20H14N2O6S/c1-26-15-6-10(3-4-13(15)19(24)27-2)14-9-21-8-11-5-12(28-17(11)14)7-16-18(23)22-20(25)29-16/h3-9H,1-2H3,(H,22,23,25)/b16-7+. The fourth-order valence-corrected chi connectivity index (χ4v) is 3.61. The van der Waals surface area contributed by atoms with Gasteiger partial charge >= 0.3 is 5.97 Å². The smallest absolute Gasteiger partial charge is 0.341 e. The molecule has 0 saturated carbocycles. The molecule has 3 aromatic rings. The van der Waals surface area contributed by atoms with E-state index in [4.69, 9.17) is 13.9 Å². The molecular formula is C20H14N2O6S. The number of furan rings is 1. The van der Waals surface area contributed by atoms with Crippen LogP contribution in [-0.2, 0) is 9.53 Å². The zero-order valence-electron chi connectivity index (χ0n) is 15.3. The van der Waals surface area contributed by atoms with Gasteiger partial charge in [0, 0.05) is 29.4 Å². The molecule has 1 saturated heterocycles. The Labute approximate surface area is 168 Å². The van der Waals surface area contributed by atoms with Gasteiger partial charge < -0.3 is 13.9 Å². The number of carbonyl (C=O) groups is 3. The summed E-state index contributed by atoms with van der Waals surface area (Å²) in [6, 6.07) is 6.78. The van der Waals surface area contributed by atoms with Crippen LogP contribution in [0.5, 0.6) is 5.75 Å². The molecule has 0 spiro atoms. The lowest BCUT2D eigenvalue weighted by Gasteiger charge is -2.09. The van der Waals surface area contributed by atoms with Crippen molar-refractivity contribution in [3.63, 3.8) is 0 Å². The van der Waals surface area contributed by atoms with Gasteiger partial charge in [0.15, 0.2) is 0 Å². The number of benzene rings is 1. The molecule has 4 rings (SSSR count). The van der Waals surface area contributed by atoms with Crippen LogP contribution in [0.25, 0.3) is 28.2 Å². The third-order valence-corrected chi connectivity index (χ3v) is 5.09. The molecule has 0 unspecified atom stereocenters. The lowest BCUT2D eigenvalue weighted by Crippen LogP contribution is -2.17. The van der Waals surface area contributed by atoms with Crippen molar-refractivity contribution in [3.8, 4) is 16.9 Å². The summed E-state index contributed by atoms with van der Waals surface area (Å²) in [6.45, 7) is 0. The van der Waals surface area contributed by atoms with Gasteiger partial charge in [-0.25, -0.2) is 4.79 Å². The first kappa shape index (κ1) is 18.8. The Kier molecular flexibility index (Phi) is 4.81. The highest BCUT2D eigenvalue weighted by Gasteiger charge is 2.25. The molecule has 0 bridgehead atoms. The largest absolute Gasteiger partial charge is 0.496 e. The number of nitrogens with zero attached hydrogens (tertiary/aromatic N) is 1. The molecule has 0 aliphatic carbocycles. The lowest BCUT2D eigenvalue weighted by atomic mass is 10.0. The number of hydrogen-bond donors (Lipinski definition) is 1. The lowest BCUT2D eigenvalue weighted by molar-refractivity contribution is -0.115. The Bertz CT molecular complexity index is 1200. The van der Waals surface area contributed by atoms with Crippen molar-refractivity contribution in [1.29, 1.82) is 0 Å². The highest BCUT2D eigenvalue weighted by molar-refractivity contribution is 8.18. The third kappa shape index (κ3) is 3.47. The van der Waals surface area contributed by atoms with Crippen LogP contribution in [0.3, 0.4) is 0 Å². The van der Waals surface area contributed by atoms with Crippen LogP contribution in [0, 0.1) is 0 Å². The fraction of sp³-hybridized carbons (Fsp3) is 0.100. The first-order chi connectivity index (χ1) is 14.0. The fourth-order valence-electron chi connectivity index (χ4n) is 2.95. The summed E-state index contributed by atoms with van der Waals surface area (Å²) in [4.78, 5) is 39.4. The SMILES string of the molecule is COC(=O)c1ccc(-c2cncc3cc(/C=C4/SC(=O)NC4=O)oc23)cc1OC. The number of fused-ring (bicyclic) bond motifs is 1. The molecule has 3 heterocycles. The van der Waals surface area contributed by atoms with Crippen molar-refractivity contribution in [3.05, 3.63) is 52.9 Å². The van der Waals surface area contributed by atoms with E-state index in [1.165, 1.54) is 20.3 Å². The molecule has 1 aliphatic rings. The van der Waals surface area contributed by atoms with Gasteiger partial charge in [-0.3, -0.25) is 19.9 Å². The number of pyridine rings is 1. The predicted octanol–water partition coefficient (Wildman–Crippen LogP) is 3.61. The van der Waals surface area contributed by atoms with Crippen molar-refractivity contribution >= 4 is 45.9 Å². The Balaban J connectivity index is 1.78. The van der Waals surface area contributed by atoms with E-state index in [1.54, 1.807) is 36.7 Å². The Morgan fingerprint density at radius 3 is 2.72 bits per heavy atom. The van der Waals surface area contributed by atoms with Crippen LogP contribution in [0.4, 0.5) is 4.79 Å². The van der Waals surface area contributed by atoms with E-state index in [2.05, 4.69) is 10.3 Å². The number of amides is 2. The van der Waals surface area contributed by atoms with Gasteiger partial charge in [-0.05, 0) is 35.5 Å². The number of methoxy groups -OCH3 is 2. The summed E-state index contributed by atoms with van der Waals surface area (Å²) in [5.41, 5.74) is 2.26. The van der Waals surface area contributed by atoms with E-state index >= 15 is 0 Å². The number of imide groups is 1. The maximum Gasteiger partial charge on any atom is 0.341 e. The molecule has 0 radical (unpaired) electrons. The quantitative estimate of drug-likeness (QED) is 0.513. The molecule has 1 N–H and O–H groups in total. The average Bonchev–Trinajstić information content (AvgIpc) is 3.28. The number of esters is 1. The van der Waals surface area contributed by atoms with E-state index in [9.17, 15) is 14.4 Å². The molecule has 29 heavy (non-hydrogen) atoms.